The molecule has 0 saturated heterocycles. The lowest BCUT2D eigenvalue weighted by Crippen LogP contribution is -2.45. The highest BCUT2D eigenvalue weighted by Gasteiger charge is 2.65. The smallest absolute Gasteiger partial charge is 0.136 e. The summed E-state index contributed by atoms with van der Waals surface area (Å²) in [6.45, 7) is -1.02. The van der Waals surface area contributed by atoms with Crippen LogP contribution in [0.4, 0.5) is 0 Å². The molecule has 1 fully saturated rings. The van der Waals surface area contributed by atoms with Crippen molar-refractivity contribution < 1.29 is 30.6 Å². The topological polar surface area (TPSA) is 121 Å². The molecule has 6 N–H and O–H groups in total. The Morgan fingerprint density at radius 3 is 2.25 bits per heavy atom. The number of aliphatic hydroxyl groups is 6. The summed E-state index contributed by atoms with van der Waals surface area (Å²) in [6.07, 6.45) is -2.08. The minimum absolute atomic E-state index is 0.0130. The molecule has 4 unspecified atom stereocenters. The molecule has 6 heteroatoms. The van der Waals surface area contributed by atoms with Crippen molar-refractivity contribution in [1.29, 1.82) is 0 Å². The first-order chi connectivity index (χ1) is 7.50. The second-order valence-electron chi connectivity index (χ2n) is 4.57. The summed E-state index contributed by atoms with van der Waals surface area (Å²) in [5, 5.41) is 57.5. The quantitative estimate of drug-likeness (QED) is 0.350. The SMILES string of the molecule is OCC1C(O)=C(O)[C@@H]2C(O)CC(O)C12CO. The third kappa shape index (κ3) is 1.10. The molecule has 0 aromatic carbocycles. The molecule has 0 aromatic rings. The Morgan fingerprint density at radius 1 is 1.12 bits per heavy atom. The van der Waals surface area contributed by atoms with Crippen LogP contribution in [0.15, 0.2) is 11.5 Å². The zero-order valence-corrected chi connectivity index (χ0v) is 8.61. The molecule has 0 bridgehead atoms. The zero-order chi connectivity index (χ0) is 12.1. The Morgan fingerprint density at radius 2 is 1.75 bits per heavy atom. The second-order valence-corrected chi connectivity index (χ2v) is 4.57. The predicted molar refractivity (Wildman–Crippen MR) is 52.5 cm³/mol. The molecule has 0 aliphatic heterocycles. The lowest BCUT2D eigenvalue weighted by atomic mass is 9.71. The monoisotopic (exact) mass is 232 g/mol. The molecule has 5 atom stereocenters. The Kier molecular flexibility index (Phi) is 2.62. The second kappa shape index (κ2) is 3.59. The van der Waals surface area contributed by atoms with Gasteiger partial charge in [0.25, 0.3) is 0 Å². The van der Waals surface area contributed by atoms with Gasteiger partial charge < -0.3 is 30.6 Å². The summed E-state index contributed by atoms with van der Waals surface area (Å²) in [5.41, 5.74) is -1.28. The van der Waals surface area contributed by atoms with E-state index in [9.17, 15) is 30.6 Å². The van der Waals surface area contributed by atoms with Crippen molar-refractivity contribution in [3.05, 3.63) is 11.5 Å². The van der Waals surface area contributed by atoms with Crippen molar-refractivity contribution in [1.82, 2.24) is 0 Å². The van der Waals surface area contributed by atoms with E-state index in [1.165, 1.54) is 0 Å². The third-order valence-corrected chi connectivity index (χ3v) is 4.04. The van der Waals surface area contributed by atoms with Crippen LogP contribution >= 0.6 is 0 Å². The predicted octanol–water partition coefficient (Wildman–Crippen LogP) is -1.34. The van der Waals surface area contributed by atoms with Crippen LogP contribution < -0.4 is 0 Å². The highest BCUT2D eigenvalue weighted by Crippen LogP contribution is 2.58. The minimum atomic E-state index is -1.28. The Hall–Kier alpha value is -0.820. The molecule has 2 aliphatic rings. The summed E-state index contributed by atoms with van der Waals surface area (Å²) >= 11 is 0. The fourth-order valence-corrected chi connectivity index (χ4v) is 3.20. The number of rotatable bonds is 2. The van der Waals surface area contributed by atoms with Crippen molar-refractivity contribution in [2.75, 3.05) is 13.2 Å². The van der Waals surface area contributed by atoms with E-state index in [0.29, 0.717) is 0 Å². The van der Waals surface area contributed by atoms with Gasteiger partial charge in [-0.25, -0.2) is 0 Å². The summed E-state index contributed by atoms with van der Waals surface area (Å²) in [6, 6.07) is 0. The van der Waals surface area contributed by atoms with E-state index in [1.807, 2.05) is 0 Å². The van der Waals surface area contributed by atoms with Crippen LogP contribution in [-0.2, 0) is 0 Å². The zero-order valence-electron chi connectivity index (χ0n) is 8.61. The molecule has 2 rings (SSSR count). The first-order valence-electron chi connectivity index (χ1n) is 5.20. The van der Waals surface area contributed by atoms with E-state index >= 15 is 0 Å². The van der Waals surface area contributed by atoms with Gasteiger partial charge in [-0.05, 0) is 0 Å². The van der Waals surface area contributed by atoms with Gasteiger partial charge in [-0.2, -0.15) is 0 Å². The fraction of sp³-hybridized carbons (Fsp3) is 0.800. The average molecular weight is 232 g/mol. The summed E-state index contributed by atoms with van der Waals surface area (Å²) in [7, 11) is 0. The summed E-state index contributed by atoms with van der Waals surface area (Å²) in [4.78, 5) is 0. The lowest BCUT2D eigenvalue weighted by molar-refractivity contribution is -0.0627. The molecular formula is C10H16O6. The van der Waals surface area contributed by atoms with Gasteiger partial charge in [0.15, 0.2) is 0 Å². The van der Waals surface area contributed by atoms with Crippen LogP contribution in [0.1, 0.15) is 6.42 Å². The van der Waals surface area contributed by atoms with Crippen molar-refractivity contribution >= 4 is 0 Å². The van der Waals surface area contributed by atoms with E-state index < -0.39 is 54.2 Å². The van der Waals surface area contributed by atoms with Crippen molar-refractivity contribution in [2.24, 2.45) is 17.3 Å². The highest BCUT2D eigenvalue weighted by molar-refractivity contribution is 5.29. The Balaban J connectivity index is 2.51. The van der Waals surface area contributed by atoms with Crippen molar-refractivity contribution in [3.63, 3.8) is 0 Å². The van der Waals surface area contributed by atoms with Gasteiger partial charge in [0.2, 0.25) is 0 Å². The molecule has 92 valence electrons. The minimum Gasteiger partial charge on any atom is -0.508 e. The summed E-state index contributed by atoms with van der Waals surface area (Å²) in [5.74, 6) is -2.73. The number of hydrogen-bond donors (Lipinski definition) is 6. The molecular weight excluding hydrogens is 216 g/mol. The van der Waals surface area contributed by atoms with Gasteiger partial charge >= 0.3 is 0 Å². The van der Waals surface area contributed by atoms with Gasteiger partial charge in [-0.1, -0.05) is 0 Å². The van der Waals surface area contributed by atoms with Gasteiger partial charge in [0, 0.05) is 11.8 Å². The van der Waals surface area contributed by atoms with Gasteiger partial charge in [0.1, 0.15) is 11.5 Å². The average Bonchev–Trinajstić information content (AvgIpc) is 2.63. The molecule has 0 radical (unpaired) electrons. The number of hydrogen-bond acceptors (Lipinski definition) is 6. The molecule has 1 saturated carbocycles. The van der Waals surface area contributed by atoms with Gasteiger partial charge in [-0.3, -0.25) is 0 Å². The van der Waals surface area contributed by atoms with Crippen LogP contribution in [0.25, 0.3) is 0 Å². The van der Waals surface area contributed by atoms with E-state index in [4.69, 9.17) is 0 Å². The summed E-state index contributed by atoms with van der Waals surface area (Å²) < 4.78 is 0. The van der Waals surface area contributed by atoms with E-state index in [-0.39, 0.29) is 6.42 Å². The molecule has 2 aliphatic carbocycles. The van der Waals surface area contributed by atoms with Crippen LogP contribution in [0.5, 0.6) is 0 Å². The van der Waals surface area contributed by atoms with Crippen molar-refractivity contribution in [2.45, 2.75) is 18.6 Å². The van der Waals surface area contributed by atoms with E-state index in [0.717, 1.165) is 0 Å². The van der Waals surface area contributed by atoms with Crippen LogP contribution in [0.3, 0.4) is 0 Å². The van der Waals surface area contributed by atoms with Crippen LogP contribution in [0.2, 0.25) is 0 Å². The molecule has 16 heavy (non-hydrogen) atoms. The van der Waals surface area contributed by atoms with Gasteiger partial charge in [-0.15, -0.1) is 0 Å². The Bertz CT molecular complexity index is 327. The fourth-order valence-electron chi connectivity index (χ4n) is 3.20. The Labute approximate surface area is 92.1 Å². The van der Waals surface area contributed by atoms with Crippen LogP contribution in [-0.4, -0.2) is 56.1 Å². The van der Waals surface area contributed by atoms with Crippen LogP contribution in [0, 0.1) is 17.3 Å². The largest absolute Gasteiger partial charge is 0.508 e. The van der Waals surface area contributed by atoms with E-state index in [1.54, 1.807) is 0 Å². The third-order valence-electron chi connectivity index (χ3n) is 4.04. The first kappa shape index (κ1) is 11.7. The van der Waals surface area contributed by atoms with Gasteiger partial charge in [0.05, 0.1) is 37.3 Å². The number of aliphatic hydroxyl groups excluding tert-OH is 6. The molecule has 6 nitrogen and oxygen atoms in total. The maximum Gasteiger partial charge on any atom is 0.136 e. The lowest BCUT2D eigenvalue weighted by Gasteiger charge is -2.36. The number of fused-ring (bicyclic) bond motifs is 1. The first-order valence-corrected chi connectivity index (χ1v) is 5.20. The molecule has 0 amide bonds. The molecule has 0 spiro atoms. The van der Waals surface area contributed by atoms with E-state index in [2.05, 4.69) is 0 Å². The molecule has 0 heterocycles. The maximum absolute atomic E-state index is 9.88. The highest BCUT2D eigenvalue weighted by atomic mass is 16.3. The molecule has 0 aromatic heterocycles. The standard InChI is InChI=1S/C10H16O6/c11-2-4-8(15)9(16)7-5(13)1-6(14)10(4,7)3-12/h4-7,11-16H,1-3H2/t4?,5?,6?,7-,10?/m0/s1. The normalized spacial score (nSPS) is 47.5. The van der Waals surface area contributed by atoms with Crippen molar-refractivity contribution in [3.8, 4) is 0 Å². The maximum atomic E-state index is 9.88.